The summed E-state index contributed by atoms with van der Waals surface area (Å²) in [6, 6.07) is 10.5. The summed E-state index contributed by atoms with van der Waals surface area (Å²) in [5.74, 6) is 0. The lowest BCUT2D eigenvalue weighted by Gasteiger charge is -2.41. The monoisotopic (exact) mass is 416 g/mol. The molecule has 156 valence electrons. The Morgan fingerprint density at radius 2 is 2.07 bits per heavy atom. The summed E-state index contributed by atoms with van der Waals surface area (Å²) in [5, 5.41) is 0.247. The maximum Gasteiger partial charge on any atom is 0.410 e. The Balaban J connectivity index is 1.68. The molecule has 1 saturated heterocycles. The van der Waals surface area contributed by atoms with Crippen molar-refractivity contribution in [1.82, 2.24) is 19.8 Å². The second kappa shape index (κ2) is 9.09. The highest BCUT2D eigenvalue weighted by atomic mass is 35.5. The van der Waals surface area contributed by atoms with E-state index in [2.05, 4.69) is 33.9 Å². The molecular formula is C22H29ClN4O2. The fraction of sp³-hybridized carbons (Fsp3) is 0.500. The normalized spacial score (nSPS) is 18.0. The van der Waals surface area contributed by atoms with Crippen LogP contribution in [0.1, 0.15) is 39.7 Å². The minimum Gasteiger partial charge on any atom is -0.444 e. The number of rotatable bonds is 4. The molecule has 1 atom stereocenters. The lowest BCUT2D eigenvalue weighted by Crippen LogP contribution is -2.54. The Bertz CT molecular complexity index is 853. The van der Waals surface area contributed by atoms with E-state index in [0.29, 0.717) is 19.1 Å². The van der Waals surface area contributed by atoms with Crippen LogP contribution in [-0.4, -0.2) is 57.1 Å². The molecule has 3 rings (SSSR count). The van der Waals surface area contributed by atoms with Gasteiger partial charge in [0.25, 0.3) is 0 Å². The zero-order chi connectivity index (χ0) is 21.0. The van der Waals surface area contributed by atoms with Gasteiger partial charge in [0.15, 0.2) is 0 Å². The second-order valence-electron chi connectivity index (χ2n) is 8.37. The van der Waals surface area contributed by atoms with Crippen LogP contribution in [0.4, 0.5) is 4.79 Å². The molecule has 7 heteroatoms. The Labute approximate surface area is 177 Å². The largest absolute Gasteiger partial charge is 0.444 e. The standard InChI is InChI=1S/C22H29ClN4O2/c1-5-18-15-27(21(28)29-22(2,3)4)12-11-26(18)14-16-7-6-8-17(13-16)19-9-10-24-20(23)25-19/h6-10,13,18H,5,11-12,14-15H2,1-4H3/t18-/m0/s1. The van der Waals surface area contributed by atoms with Crippen molar-refractivity contribution in [3.63, 3.8) is 0 Å². The Kier molecular flexibility index (Phi) is 6.75. The van der Waals surface area contributed by atoms with Crippen molar-refractivity contribution in [2.24, 2.45) is 0 Å². The maximum absolute atomic E-state index is 12.4. The fourth-order valence-electron chi connectivity index (χ4n) is 3.54. The molecule has 6 nitrogen and oxygen atoms in total. The van der Waals surface area contributed by atoms with Gasteiger partial charge in [-0.15, -0.1) is 0 Å². The molecule has 1 aliphatic rings. The zero-order valence-corrected chi connectivity index (χ0v) is 18.3. The predicted molar refractivity (Wildman–Crippen MR) is 115 cm³/mol. The Morgan fingerprint density at radius 3 is 2.76 bits per heavy atom. The van der Waals surface area contributed by atoms with Crippen LogP contribution >= 0.6 is 11.6 Å². The summed E-state index contributed by atoms with van der Waals surface area (Å²) in [6.45, 7) is 10.9. The van der Waals surface area contributed by atoms with E-state index < -0.39 is 5.60 Å². The van der Waals surface area contributed by atoms with Crippen molar-refractivity contribution in [2.45, 2.75) is 52.3 Å². The molecule has 1 aromatic heterocycles. The van der Waals surface area contributed by atoms with Gasteiger partial charge in [-0.05, 0) is 56.5 Å². The average molecular weight is 417 g/mol. The van der Waals surface area contributed by atoms with E-state index in [9.17, 15) is 4.79 Å². The minimum absolute atomic E-state index is 0.224. The number of carbonyl (C=O) groups is 1. The van der Waals surface area contributed by atoms with Crippen LogP contribution in [0.5, 0.6) is 0 Å². The SMILES string of the molecule is CC[C@H]1CN(C(=O)OC(C)(C)C)CCN1Cc1cccc(-c2ccnc(Cl)n2)c1. The molecule has 1 amide bonds. The third kappa shape index (κ3) is 5.90. The lowest BCUT2D eigenvalue weighted by molar-refractivity contribution is 0.00193. The van der Waals surface area contributed by atoms with E-state index in [1.165, 1.54) is 5.56 Å². The van der Waals surface area contributed by atoms with Gasteiger partial charge in [-0.25, -0.2) is 14.8 Å². The summed E-state index contributed by atoms with van der Waals surface area (Å²) in [6.07, 6.45) is 2.42. The van der Waals surface area contributed by atoms with Crippen molar-refractivity contribution in [1.29, 1.82) is 0 Å². The number of carbonyl (C=O) groups excluding carboxylic acids is 1. The first-order valence-corrected chi connectivity index (χ1v) is 10.4. The number of aromatic nitrogens is 2. The van der Waals surface area contributed by atoms with Crippen LogP contribution in [0.3, 0.4) is 0 Å². The number of hydrogen-bond acceptors (Lipinski definition) is 5. The van der Waals surface area contributed by atoms with E-state index in [0.717, 1.165) is 30.8 Å². The molecule has 2 aromatic rings. The number of halogens is 1. The molecule has 1 fully saturated rings. The molecule has 1 aliphatic heterocycles. The van der Waals surface area contributed by atoms with Gasteiger partial charge in [-0.1, -0.05) is 25.1 Å². The molecule has 1 aromatic carbocycles. The Morgan fingerprint density at radius 1 is 1.28 bits per heavy atom. The van der Waals surface area contributed by atoms with Gasteiger partial charge in [0.2, 0.25) is 5.28 Å². The third-order valence-corrected chi connectivity index (χ3v) is 5.14. The number of hydrogen-bond donors (Lipinski definition) is 0. The van der Waals surface area contributed by atoms with Gasteiger partial charge < -0.3 is 9.64 Å². The van der Waals surface area contributed by atoms with E-state index >= 15 is 0 Å². The first kappa shape index (κ1) is 21.5. The topological polar surface area (TPSA) is 58.6 Å². The number of nitrogens with zero attached hydrogens (tertiary/aromatic N) is 4. The van der Waals surface area contributed by atoms with Crippen molar-refractivity contribution in [3.8, 4) is 11.3 Å². The molecule has 0 aliphatic carbocycles. The van der Waals surface area contributed by atoms with Gasteiger partial charge >= 0.3 is 6.09 Å². The molecule has 29 heavy (non-hydrogen) atoms. The van der Waals surface area contributed by atoms with Gasteiger partial charge in [-0.2, -0.15) is 0 Å². The Hall–Kier alpha value is -2.18. The van der Waals surface area contributed by atoms with Gasteiger partial charge in [-0.3, -0.25) is 4.90 Å². The van der Waals surface area contributed by atoms with E-state index in [4.69, 9.17) is 16.3 Å². The second-order valence-corrected chi connectivity index (χ2v) is 8.71. The number of piperazine rings is 1. The van der Waals surface area contributed by atoms with Crippen molar-refractivity contribution < 1.29 is 9.53 Å². The highest BCUT2D eigenvalue weighted by molar-refractivity contribution is 6.28. The first-order valence-electron chi connectivity index (χ1n) is 10.0. The minimum atomic E-state index is -0.472. The van der Waals surface area contributed by atoms with E-state index in [1.54, 1.807) is 6.20 Å². The van der Waals surface area contributed by atoms with Gasteiger partial charge in [0, 0.05) is 44.0 Å². The number of amides is 1. The smallest absolute Gasteiger partial charge is 0.410 e. The quantitative estimate of drug-likeness (QED) is 0.680. The predicted octanol–water partition coefficient (Wildman–Crippen LogP) is 4.63. The van der Waals surface area contributed by atoms with E-state index in [1.807, 2.05) is 43.9 Å². The molecule has 0 radical (unpaired) electrons. The summed E-state index contributed by atoms with van der Waals surface area (Å²) in [5.41, 5.74) is 2.57. The van der Waals surface area contributed by atoms with Crippen LogP contribution < -0.4 is 0 Å². The fourth-order valence-corrected chi connectivity index (χ4v) is 3.69. The van der Waals surface area contributed by atoms with Crippen LogP contribution in [-0.2, 0) is 11.3 Å². The highest BCUT2D eigenvalue weighted by Crippen LogP contribution is 2.23. The first-order chi connectivity index (χ1) is 13.7. The highest BCUT2D eigenvalue weighted by Gasteiger charge is 2.31. The summed E-state index contributed by atoms with van der Waals surface area (Å²) >= 11 is 5.93. The molecule has 0 spiro atoms. The summed E-state index contributed by atoms with van der Waals surface area (Å²) in [4.78, 5) is 25.0. The van der Waals surface area contributed by atoms with Crippen LogP contribution in [0.2, 0.25) is 5.28 Å². The average Bonchev–Trinajstić information content (AvgIpc) is 2.67. The summed E-state index contributed by atoms with van der Waals surface area (Å²) < 4.78 is 5.54. The van der Waals surface area contributed by atoms with Crippen LogP contribution in [0, 0.1) is 0 Å². The number of benzene rings is 1. The molecule has 0 N–H and O–H groups in total. The number of ether oxygens (including phenoxy) is 1. The lowest BCUT2D eigenvalue weighted by atomic mass is 10.0. The van der Waals surface area contributed by atoms with Crippen molar-refractivity contribution >= 4 is 17.7 Å². The van der Waals surface area contributed by atoms with Crippen LogP contribution in [0.15, 0.2) is 36.5 Å². The van der Waals surface area contributed by atoms with E-state index in [-0.39, 0.29) is 11.4 Å². The van der Waals surface area contributed by atoms with Crippen LogP contribution in [0.25, 0.3) is 11.3 Å². The van der Waals surface area contributed by atoms with Gasteiger partial charge in [0.05, 0.1) is 5.69 Å². The molecular weight excluding hydrogens is 388 g/mol. The molecule has 0 bridgehead atoms. The zero-order valence-electron chi connectivity index (χ0n) is 17.6. The molecule has 2 heterocycles. The third-order valence-electron chi connectivity index (χ3n) is 4.96. The molecule has 0 saturated carbocycles. The molecule has 0 unspecified atom stereocenters. The van der Waals surface area contributed by atoms with Gasteiger partial charge in [0.1, 0.15) is 5.60 Å². The maximum atomic E-state index is 12.4. The van der Waals surface area contributed by atoms with Crippen molar-refractivity contribution in [3.05, 3.63) is 47.4 Å². The van der Waals surface area contributed by atoms with Crippen molar-refractivity contribution in [2.75, 3.05) is 19.6 Å². The summed E-state index contributed by atoms with van der Waals surface area (Å²) in [7, 11) is 0.